The van der Waals surface area contributed by atoms with Crippen molar-refractivity contribution in [2.45, 2.75) is 44.0 Å². The number of urea groups is 1. The highest BCUT2D eigenvalue weighted by molar-refractivity contribution is 6.30. The third-order valence-electron chi connectivity index (χ3n) is 5.23. The highest BCUT2D eigenvalue weighted by Gasteiger charge is 2.45. The number of rotatable bonds is 6. The second-order valence-corrected chi connectivity index (χ2v) is 7.87. The van der Waals surface area contributed by atoms with Gasteiger partial charge in [0.25, 0.3) is 0 Å². The number of carboxylic acids is 1. The molecule has 0 aromatic heterocycles. The number of aliphatic hydroxyl groups excluding tert-OH is 1. The first-order valence-electron chi connectivity index (χ1n) is 9.89. The molecule has 3 amide bonds. The Labute approximate surface area is 184 Å². The van der Waals surface area contributed by atoms with E-state index in [2.05, 4.69) is 10.6 Å². The fourth-order valence-corrected chi connectivity index (χ4v) is 3.98. The van der Waals surface area contributed by atoms with Gasteiger partial charge in [0.05, 0.1) is 12.1 Å². The van der Waals surface area contributed by atoms with Crippen LogP contribution in [0.1, 0.15) is 31.4 Å². The second-order valence-electron chi connectivity index (χ2n) is 7.43. The number of carboxylic acid groups (broad SMARTS) is 1. The Kier molecular flexibility index (Phi) is 7.14. The quantitative estimate of drug-likeness (QED) is 0.545. The number of amides is 3. The van der Waals surface area contributed by atoms with Gasteiger partial charge in [-0.05, 0) is 43.5 Å². The minimum absolute atomic E-state index is 0.280. The molecule has 3 rings (SSSR count). The third kappa shape index (κ3) is 5.34. The van der Waals surface area contributed by atoms with Crippen molar-refractivity contribution < 1.29 is 24.6 Å². The van der Waals surface area contributed by atoms with E-state index in [4.69, 9.17) is 11.6 Å². The fraction of sp³-hybridized carbons (Fsp3) is 0.318. The fourth-order valence-electron chi connectivity index (χ4n) is 3.79. The van der Waals surface area contributed by atoms with Gasteiger partial charge in [0.2, 0.25) is 5.91 Å². The Hall–Kier alpha value is -3.10. The summed E-state index contributed by atoms with van der Waals surface area (Å²) < 4.78 is 0. The van der Waals surface area contributed by atoms with Gasteiger partial charge in [0.15, 0.2) is 0 Å². The van der Waals surface area contributed by atoms with E-state index in [1.54, 1.807) is 18.2 Å². The number of aliphatic hydroxyl groups is 1. The van der Waals surface area contributed by atoms with Crippen LogP contribution >= 0.6 is 11.6 Å². The summed E-state index contributed by atoms with van der Waals surface area (Å²) in [5, 5.41) is 25.3. The SMILES string of the molecule is CC(O)C(NC(=O)Nc1cccc(Cl)c1)C(=O)N1[C@@H](C(=O)O)CC[C@H]1c1ccccc1. The van der Waals surface area contributed by atoms with Crippen LogP contribution in [0.5, 0.6) is 0 Å². The first-order valence-corrected chi connectivity index (χ1v) is 10.3. The molecule has 0 aliphatic carbocycles. The van der Waals surface area contributed by atoms with E-state index < -0.39 is 42.1 Å². The van der Waals surface area contributed by atoms with Gasteiger partial charge in [-0.25, -0.2) is 9.59 Å². The van der Waals surface area contributed by atoms with Crippen LogP contribution in [0.2, 0.25) is 5.02 Å². The molecule has 0 saturated carbocycles. The number of nitrogens with one attached hydrogen (secondary N) is 2. The Balaban J connectivity index is 1.82. The van der Waals surface area contributed by atoms with Crippen LogP contribution in [-0.2, 0) is 9.59 Å². The summed E-state index contributed by atoms with van der Waals surface area (Å²) in [5.41, 5.74) is 1.21. The lowest BCUT2D eigenvalue weighted by atomic mass is 10.0. The molecule has 1 saturated heterocycles. The molecular weight excluding hydrogens is 422 g/mol. The third-order valence-corrected chi connectivity index (χ3v) is 5.46. The van der Waals surface area contributed by atoms with Crippen molar-refractivity contribution in [2.75, 3.05) is 5.32 Å². The maximum atomic E-state index is 13.4. The molecular formula is C22H24ClN3O5. The van der Waals surface area contributed by atoms with Crippen molar-refractivity contribution in [3.63, 3.8) is 0 Å². The first-order chi connectivity index (χ1) is 14.8. The standard InChI is InChI=1S/C22H24ClN3O5/c1-13(27)19(25-22(31)24-16-9-5-8-15(23)12-16)20(28)26-17(10-11-18(26)21(29)30)14-6-3-2-4-7-14/h2-9,12-13,17-19,27H,10-11H2,1H3,(H,29,30)(H2,24,25,31)/t13?,17-,18+,19?/m0/s1. The summed E-state index contributed by atoms with van der Waals surface area (Å²) in [6.07, 6.45) is -0.500. The minimum Gasteiger partial charge on any atom is -0.480 e. The smallest absolute Gasteiger partial charge is 0.326 e. The summed E-state index contributed by atoms with van der Waals surface area (Å²) in [4.78, 5) is 38.9. The van der Waals surface area contributed by atoms with Crippen LogP contribution < -0.4 is 10.6 Å². The van der Waals surface area contributed by atoms with E-state index >= 15 is 0 Å². The number of carbonyl (C=O) groups excluding carboxylic acids is 2. The van der Waals surface area contributed by atoms with Gasteiger partial charge in [0, 0.05) is 10.7 Å². The lowest BCUT2D eigenvalue weighted by molar-refractivity contribution is -0.151. The van der Waals surface area contributed by atoms with Crippen LogP contribution in [0.3, 0.4) is 0 Å². The Bertz CT molecular complexity index is 953. The van der Waals surface area contributed by atoms with Gasteiger partial charge in [-0.15, -0.1) is 0 Å². The van der Waals surface area contributed by atoms with E-state index in [1.165, 1.54) is 17.9 Å². The molecule has 31 heavy (non-hydrogen) atoms. The van der Waals surface area contributed by atoms with Crippen molar-refractivity contribution in [1.29, 1.82) is 0 Å². The molecule has 0 spiro atoms. The molecule has 9 heteroatoms. The summed E-state index contributed by atoms with van der Waals surface area (Å²) in [6, 6.07) is 12.0. The van der Waals surface area contributed by atoms with Crippen molar-refractivity contribution in [1.82, 2.24) is 10.2 Å². The zero-order valence-corrected chi connectivity index (χ0v) is 17.6. The molecule has 1 fully saturated rings. The molecule has 2 unspecified atom stereocenters. The van der Waals surface area contributed by atoms with Gasteiger partial charge in [-0.2, -0.15) is 0 Å². The van der Waals surface area contributed by atoms with Crippen LogP contribution in [0.15, 0.2) is 54.6 Å². The average Bonchev–Trinajstić information content (AvgIpc) is 3.17. The maximum absolute atomic E-state index is 13.4. The van der Waals surface area contributed by atoms with Gasteiger partial charge >= 0.3 is 12.0 Å². The van der Waals surface area contributed by atoms with Gasteiger partial charge in [0.1, 0.15) is 12.1 Å². The molecule has 2 aromatic carbocycles. The van der Waals surface area contributed by atoms with Crippen LogP contribution in [0.4, 0.5) is 10.5 Å². The first kappa shape index (κ1) is 22.6. The summed E-state index contributed by atoms with van der Waals surface area (Å²) in [6.45, 7) is 1.37. The number of hydrogen-bond donors (Lipinski definition) is 4. The number of benzene rings is 2. The zero-order chi connectivity index (χ0) is 22.5. The van der Waals surface area contributed by atoms with E-state index in [-0.39, 0.29) is 6.42 Å². The number of likely N-dealkylation sites (tertiary alicyclic amines) is 1. The molecule has 4 N–H and O–H groups in total. The van der Waals surface area contributed by atoms with E-state index in [0.29, 0.717) is 17.1 Å². The molecule has 1 heterocycles. The molecule has 8 nitrogen and oxygen atoms in total. The molecule has 1 aliphatic rings. The highest BCUT2D eigenvalue weighted by atomic mass is 35.5. The highest BCUT2D eigenvalue weighted by Crippen LogP contribution is 2.37. The average molecular weight is 446 g/mol. The number of nitrogens with zero attached hydrogens (tertiary/aromatic N) is 1. The lowest BCUT2D eigenvalue weighted by Crippen LogP contribution is -2.57. The maximum Gasteiger partial charge on any atom is 0.326 e. The van der Waals surface area contributed by atoms with Crippen molar-refractivity contribution in [3.05, 3.63) is 65.2 Å². The van der Waals surface area contributed by atoms with Gasteiger partial charge in [-0.1, -0.05) is 48.0 Å². The van der Waals surface area contributed by atoms with Gasteiger partial charge < -0.3 is 25.7 Å². The molecule has 1 aliphatic heterocycles. The van der Waals surface area contributed by atoms with E-state index in [0.717, 1.165) is 5.56 Å². The van der Waals surface area contributed by atoms with Crippen LogP contribution in [0.25, 0.3) is 0 Å². The van der Waals surface area contributed by atoms with E-state index in [1.807, 2.05) is 30.3 Å². The molecule has 164 valence electrons. The number of hydrogen-bond acceptors (Lipinski definition) is 4. The number of carbonyl (C=O) groups is 3. The van der Waals surface area contributed by atoms with Crippen molar-refractivity contribution in [3.8, 4) is 0 Å². The molecule has 2 aromatic rings. The predicted octanol–water partition coefficient (Wildman–Crippen LogP) is 3.03. The Morgan fingerprint density at radius 2 is 1.81 bits per heavy atom. The summed E-state index contributed by atoms with van der Waals surface area (Å²) in [5.74, 6) is -1.78. The molecule has 4 atom stereocenters. The van der Waals surface area contributed by atoms with Crippen molar-refractivity contribution in [2.24, 2.45) is 0 Å². The number of aliphatic carboxylic acids is 1. The molecule has 0 bridgehead atoms. The Morgan fingerprint density at radius 1 is 1.10 bits per heavy atom. The van der Waals surface area contributed by atoms with E-state index in [9.17, 15) is 24.6 Å². The van der Waals surface area contributed by atoms with Crippen molar-refractivity contribution >= 4 is 35.2 Å². The summed E-state index contributed by atoms with van der Waals surface area (Å²) >= 11 is 5.91. The predicted molar refractivity (Wildman–Crippen MR) is 116 cm³/mol. The normalized spacial score (nSPS) is 20.0. The zero-order valence-electron chi connectivity index (χ0n) is 16.9. The largest absolute Gasteiger partial charge is 0.480 e. The monoisotopic (exact) mass is 445 g/mol. The van der Waals surface area contributed by atoms with Crippen LogP contribution in [-0.4, -0.2) is 51.2 Å². The number of anilines is 1. The Morgan fingerprint density at radius 3 is 2.42 bits per heavy atom. The molecule has 0 radical (unpaired) electrons. The summed E-state index contributed by atoms with van der Waals surface area (Å²) in [7, 11) is 0. The minimum atomic E-state index is -1.33. The lowest BCUT2D eigenvalue weighted by Gasteiger charge is -2.33. The van der Waals surface area contributed by atoms with Crippen LogP contribution in [0, 0.1) is 0 Å². The van der Waals surface area contributed by atoms with Gasteiger partial charge in [-0.3, -0.25) is 4.79 Å². The number of halogens is 1. The second kappa shape index (κ2) is 9.80. The topological polar surface area (TPSA) is 119 Å².